The highest BCUT2D eigenvalue weighted by Crippen LogP contribution is 2.39. The Kier molecular flexibility index (Phi) is 5.40. The maximum Gasteiger partial charge on any atom is 0.337 e. The van der Waals surface area contributed by atoms with Crippen molar-refractivity contribution in [2.45, 2.75) is 0 Å². The lowest BCUT2D eigenvalue weighted by atomic mass is 10.1. The van der Waals surface area contributed by atoms with Gasteiger partial charge in [-0.3, -0.25) is 0 Å². The number of ether oxygens (including phenoxy) is 4. The Morgan fingerprint density at radius 3 is 2.42 bits per heavy atom. The van der Waals surface area contributed by atoms with Crippen LogP contribution < -0.4 is 19.5 Å². The van der Waals surface area contributed by atoms with Crippen molar-refractivity contribution >= 4 is 28.4 Å². The Bertz CT molecular complexity index is 1220. The maximum atomic E-state index is 12.0. The van der Waals surface area contributed by atoms with Gasteiger partial charge in [0.25, 0.3) is 0 Å². The van der Waals surface area contributed by atoms with Crippen LogP contribution in [0, 0.1) is 0 Å². The molecule has 31 heavy (non-hydrogen) atoms. The summed E-state index contributed by atoms with van der Waals surface area (Å²) in [4.78, 5) is 16.4. The van der Waals surface area contributed by atoms with E-state index >= 15 is 0 Å². The van der Waals surface area contributed by atoms with E-state index in [1.807, 2.05) is 12.1 Å². The van der Waals surface area contributed by atoms with Crippen molar-refractivity contribution in [2.75, 3.05) is 33.8 Å². The van der Waals surface area contributed by atoms with Gasteiger partial charge >= 0.3 is 5.97 Å². The number of esters is 1. The number of nitrogens with zero attached hydrogens (tertiary/aromatic N) is 2. The number of methoxy groups -OCH3 is 4. The van der Waals surface area contributed by atoms with Gasteiger partial charge < -0.3 is 33.2 Å². The normalized spacial score (nSPS) is 10.7. The summed E-state index contributed by atoms with van der Waals surface area (Å²) >= 11 is 0. The summed E-state index contributed by atoms with van der Waals surface area (Å²) in [5, 5.41) is 3.97. The molecular weight excluding hydrogens is 402 g/mol. The first-order chi connectivity index (χ1) is 15.1. The Labute approximate surface area is 178 Å². The topological polar surface area (TPSA) is 97.0 Å². The van der Waals surface area contributed by atoms with Crippen LogP contribution in [0.5, 0.6) is 17.2 Å². The van der Waals surface area contributed by atoms with Crippen LogP contribution in [0.25, 0.3) is 16.7 Å². The number of anilines is 2. The van der Waals surface area contributed by atoms with Gasteiger partial charge in [0.2, 0.25) is 5.75 Å². The average molecular weight is 423 g/mol. The fourth-order valence-electron chi connectivity index (χ4n) is 3.29. The van der Waals surface area contributed by atoms with E-state index in [2.05, 4.69) is 10.3 Å². The molecule has 0 aliphatic heterocycles. The lowest BCUT2D eigenvalue weighted by Crippen LogP contribution is -2.02. The van der Waals surface area contributed by atoms with Crippen LogP contribution in [0.3, 0.4) is 0 Å². The van der Waals surface area contributed by atoms with Crippen LogP contribution in [0.15, 0.2) is 53.5 Å². The minimum Gasteiger partial charge on any atom is -0.493 e. The number of nitrogens with one attached hydrogen (secondary N) is 1. The Balaban J connectivity index is 1.69. The van der Waals surface area contributed by atoms with Gasteiger partial charge in [0.05, 0.1) is 57.8 Å². The van der Waals surface area contributed by atoms with Crippen LogP contribution >= 0.6 is 0 Å². The zero-order chi connectivity index (χ0) is 22.0. The Hall–Kier alpha value is -4.14. The molecule has 2 aromatic carbocycles. The molecule has 0 bridgehead atoms. The molecule has 160 valence electrons. The van der Waals surface area contributed by atoms with Gasteiger partial charge in [0, 0.05) is 17.5 Å². The highest BCUT2D eigenvalue weighted by Gasteiger charge is 2.16. The molecule has 9 nitrogen and oxygen atoms in total. The number of benzene rings is 2. The largest absolute Gasteiger partial charge is 0.493 e. The Morgan fingerprint density at radius 1 is 1.03 bits per heavy atom. The second-order valence-corrected chi connectivity index (χ2v) is 6.53. The zero-order valence-corrected chi connectivity index (χ0v) is 17.5. The predicted octanol–water partition coefficient (Wildman–Crippen LogP) is 4.17. The molecule has 0 unspecified atom stereocenters. The standard InChI is InChI=1S/C22H21N3O6/c1-27-17-9-15(10-18(28-2)21(17)29-3)25-11-19(23-12-25)24-16-8-14(22(26)30-4)7-13-5-6-31-20(13)16/h5-12,24H,1-4H3. The number of aromatic nitrogens is 2. The smallest absolute Gasteiger partial charge is 0.337 e. The third-order valence-electron chi connectivity index (χ3n) is 4.77. The van der Waals surface area contributed by atoms with E-state index in [9.17, 15) is 4.79 Å². The molecule has 0 atom stereocenters. The second-order valence-electron chi connectivity index (χ2n) is 6.53. The summed E-state index contributed by atoms with van der Waals surface area (Å²) in [7, 11) is 6.01. The van der Waals surface area contributed by atoms with E-state index in [1.54, 1.807) is 62.9 Å². The molecule has 0 aliphatic rings. The van der Waals surface area contributed by atoms with Crippen molar-refractivity contribution in [3.05, 3.63) is 54.7 Å². The summed E-state index contributed by atoms with van der Waals surface area (Å²) in [5.41, 5.74) is 2.37. The number of hydrogen-bond acceptors (Lipinski definition) is 8. The van der Waals surface area contributed by atoms with Crippen LogP contribution in [0.2, 0.25) is 0 Å². The van der Waals surface area contributed by atoms with E-state index in [4.69, 9.17) is 23.4 Å². The molecule has 0 saturated carbocycles. The van der Waals surface area contributed by atoms with Crippen molar-refractivity contribution < 1.29 is 28.2 Å². The third kappa shape index (κ3) is 3.73. The molecule has 0 aliphatic carbocycles. The number of carbonyl (C=O) groups excluding carboxylic acids is 1. The maximum absolute atomic E-state index is 12.0. The highest BCUT2D eigenvalue weighted by atomic mass is 16.5. The lowest BCUT2D eigenvalue weighted by molar-refractivity contribution is 0.0601. The van der Waals surface area contributed by atoms with Crippen LogP contribution in [0.1, 0.15) is 10.4 Å². The van der Waals surface area contributed by atoms with Gasteiger partial charge in [-0.15, -0.1) is 0 Å². The van der Waals surface area contributed by atoms with E-state index in [1.165, 1.54) is 7.11 Å². The summed E-state index contributed by atoms with van der Waals surface area (Å²) in [6, 6.07) is 8.78. The zero-order valence-electron chi connectivity index (χ0n) is 17.5. The molecule has 0 amide bonds. The van der Waals surface area contributed by atoms with E-state index in [0.717, 1.165) is 11.1 Å². The van der Waals surface area contributed by atoms with Crippen molar-refractivity contribution in [3.63, 3.8) is 0 Å². The first kappa shape index (κ1) is 20.1. The van der Waals surface area contributed by atoms with Gasteiger partial charge in [0.1, 0.15) is 12.1 Å². The van der Waals surface area contributed by atoms with Crippen molar-refractivity contribution in [1.82, 2.24) is 9.55 Å². The van der Waals surface area contributed by atoms with E-state index in [-0.39, 0.29) is 0 Å². The third-order valence-corrected chi connectivity index (χ3v) is 4.77. The predicted molar refractivity (Wildman–Crippen MR) is 114 cm³/mol. The summed E-state index contributed by atoms with van der Waals surface area (Å²) in [6.45, 7) is 0. The van der Waals surface area contributed by atoms with Gasteiger partial charge in [-0.1, -0.05) is 0 Å². The second kappa shape index (κ2) is 8.31. The van der Waals surface area contributed by atoms with Gasteiger partial charge in [-0.25, -0.2) is 9.78 Å². The molecular formula is C22H21N3O6. The number of fused-ring (bicyclic) bond motifs is 1. The van der Waals surface area contributed by atoms with E-state index < -0.39 is 5.97 Å². The highest BCUT2D eigenvalue weighted by molar-refractivity contribution is 6.00. The molecule has 2 heterocycles. The number of imidazole rings is 1. The van der Waals surface area contributed by atoms with Gasteiger partial charge in [0.15, 0.2) is 17.1 Å². The first-order valence-corrected chi connectivity index (χ1v) is 9.29. The lowest BCUT2D eigenvalue weighted by Gasteiger charge is -2.14. The van der Waals surface area contributed by atoms with Crippen LogP contribution in [-0.4, -0.2) is 44.0 Å². The Morgan fingerprint density at radius 2 is 1.77 bits per heavy atom. The van der Waals surface area contributed by atoms with Crippen molar-refractivity contribution in [2.24, 2.45) is 0 Å². The SMILES string of the molecule is COC(=O)c1cc(Nc2cn(-c3cc(OC)c(OC)c(OC)c3)cn2)c2occc2c1. The van der Waals surface area contributed by atoms with Gasteiger partial charge in [-0.05, 0) is 18.2 Å². The summed E-state index contributed by atoms with van der Waals surface area (Å²) in [5.74, 6) is 1.68. The quantitative estimate of drug-likeness (QED) is 0.442. The van der Waals surface area contributed by atoms with Crippen molar-refractivity contribution in [3.8, 4) is 22.9 Å². The molecule has 0 spiro atoms. The number of rotatable bonds is 7. The van der Waals surface area contributed by atoms with Crippen LogP contribution in [0.4, 0.5) is 11.5 Å². The number of carbonyl (C=O) groups is 1. The number of furan rings is 1. The minimum absolute atomic E-state index is 0.406. The fourth-order valence-corrected chi connectivity index (χ4v) is 3.29. The first-order valence-electron chi connectivity index (χ1n) is 9.29. The number of hydrogen-bond donors (Lipinski definition) is 1. The molecule has 4 rings (SSSR count). The summed E-state index contributed by atoms with van der Waals surface area (Å²) in [6.07, 6.45) is 5.00. The van der Waals surface area contributed by atoms with E-state index in [0.29, 0.717) is 39.9 Å². The molecule has 4 aromatic rings. The molecule has 0 fully saturated rings. The molecule has 1 N–H and O–H groups in total. The van der Waals surface area contributed by atoms with Gasteiger partial charge in [-0.2, -0.15) is 0 Å². The average Bonchev–Trinajstić information content (AvgIpc) is 3.47. The molecule has 0 radical (unpaired) electrons. The molecule has 0 saturated heterocycles. The molecule has 2 aromatic heterocycles. The summed E-state index contributed by atoms with van der Waals surface area (Å²) < 4.78 is 28.4. The molecule has 9 heteroatoms. The van der Waals surface area contributed by atoms with Crippen molar-refractivity contribution in [1.29, 1.82) is 0 Å². The monoisotopic (exact) mass is 423 g/mol. The minimum atomic E-state index is -0.436. The fraction of sp³-hybridized carbons (Fsp3) is 0.182. The van der Waals surface area contributed by atoms with Crippen LogP contribution in [-0.2, 0) is 4.74 Å².